The van der Waals surface area contributed by atoms with Crippen LogP contribution in [0.25, 0.3) is 0 Å². The van der Waals surface area contributed by atoms with Gasteiger partial charge in [0, 0.05) is 13.0 Å². The van der Waals surface area contributed by atoms with Crippen molar-refractivity contribution < 1.29 is 69.0 Å². The summed E-state index contributed by atoms with van der Waals surface area (Å²) in [5, 5.41) is 71.0. The maximum atomic E-state index is 12.2. The van der Waals surface area contributed by atoms with Gasteiger partial charge in [-0.25, -0.2) is 0 Å². The molecule has 49 heavy (non-hydrogen) atoms. The van der Waals surface area contributed by atoms with E-state index in [4.69, 9.17) is 28.4 Å². The first kappa shape index (κ1) is 43.4. The Hall–Kier alpha value is -1.79. The predicted molar refractivity (Wildman–Crippen MR) is 178 cm³/mol. The summed E-state index contributed by atoms with van der Waals surface area (Å²) >= 11 is 0. The second-order valence-corrected chi connectivity index (χ2v) is 12.3. The molecule has 11 unspecified atom stereocenters. The summed E-state index contributed by atoms with van der Waals surface area (Å²) in [6.07, 6.45) is 5.63. The third-order valence-electron chi connectivity index (χ3n) is 8.13. The number of hydrogen-bond donors (Lipinski definition) is 7. The van der Waals surface area contributed by atoms with Crippen molar-refractivity contribution in [3.05, 3.63) is 36.5 Å². The van der Waals surface area contributed by atoms with Crippen LogP contribution in [0.2, 0.25) is 0 Å². The largest absolute Gasteiger partial charge is 0.457 e. The zero-order valence-corrected chi connectivity index (χ0v) is 28.9. The van der Waals surface area contributed by atoms with Gasteiger partial charge in [0.25, 0.3) is 0 Å². The van der Waals surface area contributed by atoms with Crippen molar-refractivity contribution in [2.45, 2.75) is 146 Å². The van der Waals surface area contributed by atoms with E-state index in [1.165, 1.54) is 0 Å². The zero-order valence-electron chi connectivity index (χ0n) is 28.9. The summed E-state index contributed by atoms with van der Waals surface area (Å²) < 4.78 is 33.4. The minimum atomic E-state index is -1.70. The number of hydrogen-bond acceptors (Lipinski definition) is 14. The van der Waals surface area contributed by atoms with Crippen LogP contribution in [0.3, 0.4) is 0 Å². The lowest BCUT2D eigenvalue weighted by atomic mass is 9.98. The number of aliphatic hydroxyl groups excluding tert-OH is 7. The number of rotatable bonds is 24. The second kappa shape index (κ2) is 25.2. The highest BCUT2D eigenvalue weighted by Gasteiger charge is 2.47. The summed E-state index contributed by atoms with van der Waals surface area (Å²) in [5.41, 5.74) is 0. The highest BCUT2D eigenvalue weighted by Crippen LogP contribution is 2.26. The van der Waals surface area contributed by atoms with Crippen molar-refractivity contribution in [2.75, 3.05) is 33.0 Å². The average Bonchev–Trinajstić information content (AvgIpc) is 3.09. The van der Waals surface area contributed by atoms with E-state index in [9.17, 15) is 40.5 Å². The fourth-order valence-electron chi connectivity index (χ4n) is 5.22. The third kappa shape index (κ3) is 16.0. The first-order valence-electron chi connectivity index (χ1n) is 17.6. The summed E-state index contributed by atoms with van der Waals surface area (Å²) in [4.78, 5) is 12.2. The van der Waals surface area contributed by atoms with E-state index in [0.29, 0.717) is 13.0 Å². The maximum Gasteiger partial charge on any atom is 0.306 e. The first-order chi connectivity index (χ1) is 23.6. The van der Waals surface area contributed by atoms with Gasteiger partial charge in [-0.15, -0.1) is 0 Å². The van der Waals surface area contributed by atoms with Crippen molar-refractivity contribution in [2.24, 2.45) is 0 Å². The monoisotopic (exact) mass is 704 g/mol. The molecule has 2 saturated heterocycles. The van der Waals surface area contributed by atoms with Gasteiger partial charge in [-0.1, -0.05) is 63.1 Å². The van der Waals surface area contributed by atoms with Crippen LogP contribution in [0.4, 0.5) is 0 Å². The average molecular weight is 705 g/mol. The molecule has 0 saturated carbocycles. The fraction of sp³-hybridized carbons (Fsp3) is 0.800. The van der Waals surface area contributed by atoms with Crippen LogP contribution in [-0.4, -0.2) is 142 Å². The van der Waals surface area contributed by atoms with E-state index in [-0.39, 0.29) is 19.6 Å². The van der Waals surface area contributed by atoms with Gasteiger partial charge in [0.15, 0.2) is 12.6 Å². The van der Waals surface area contributed by atoms with Gasteiger partial charge in [-0.05, 0) is 44.9 Å². The lowest BCUT2D eigenvalue weighted by Crippen LogP contribution is -2.61. The fourth-order valence-corrected chi connectivity index (χ4v) is 5.22. The quantitative estimate of drug-likeness (QED) is 0.0427. The van der Waals surface area contributed by atoms with E-state index >= 15 is 0 Å². The molecule has 14 heteroatoms. The Labute approximate surface area is 289 Å². The molecule has 7 N–H and O–H groups in total. The molecule has 14 nitrogen and oxygen atoms in total. The minimum Gasteiger partial charge on any atom is -0.457 e. The zero-order chi connectivity index (χ0) is 36.0. The second-order valence-electron chi connectivity index (χ2n) is 12.3. The predicted octanol–water partition coefficient (Wildman–Crippen LogP) is 1.16. The number of ether oxygens (including phenoxy) is 6. The van der Waals surface area contributed by atoms with Crippen LogP contribution in [0, 0.1) is 0 Å². The van der Waals surface area contributed by atoms with Crippen molar-refractivity contribution in [1.29, 1.82) is 0 Å². The van der Waals surface area contributed by atoms with Crippen LogP contribution < -0.4 is 0 Å². The summed E-state index contributed by atoms with van der Waals surface area (Å²) in [7, 11) is 0. The Bertz CT molecular complexity index is 959. The molecule has 0 aromatic carbocycles. The van der Waals surface area contributed by atoms with Crippen LogP contribution in [0.1, 0.15) is 78.1 Å². The lowest BCUT2D eigenvalue weighted by Gasteiger charge is -2.42. The molecule has 0 aliphatic carbocycles. The Morgan fingerprint density at radius 3 is 1.94 bits per heavy atom. The molecular weight excluding hydrogens is 644 g/mol. The highest BCUT2D eigenvalue weighted by molar-refractivity contribution is 5.69. The summed E-state index contributed by atoms with van der Waals surface area (Å²) in [5.74, 6) is -0.442. The Morgan fingerprint density at radius 1 is 0.694 bits per heavy atom. The van der Waals surface area contributed by atoms with E-state index < -0.39 is 86.7 Å². The molecule has 284 valence electrons. The van der Waals surface area contributed by atoms with Crippen LogP contribution in [0.5, 0.6) is 0 Å². The van der Waals surface area contributed by atoms with Gasteiger partial charge in [0.1, 0.15) is 54.9 Å². The third-order valence-corrected chi connectivity index (χ3v) is 8.13. The van der Waals surface area contributed by atoms with Gasteiger partial charge in [0.05, 0.1) is 26.4 Å². The summed E-state index contributed by atoms with van der Waals surface area (Å²) in [6, 6.07) is 0. The number of unbranched alkanes of at least 4 members (excludes halogenated alkanes) is 4. The molecule has 0 aromatic rings. The molecule has 0 spiro atoms. The standard InChI is InChI=1S/C35H60O14/c1-3-5-6-7-8-9-10-11-12-13-14-15-16-17-19-44-21-24(47-27(37)18-4-2)22-45-34-33(43)31(41)29(39)26(49-34)23-46-35-32(42)30(40)28(38)25(20-36)48-35/h5-6,8-9,11-12,24-26,28-36,38-43H,3-4,7,10,13-23H2,1-2H3/b6-5-,9-8-,12-11-. The molecule has 0 radical (unpaired) electrons. The first-order valence-corrected chi connectivity index (χ1v) is 17.6. The van der Waals surface area contributed by atoms with E-state index in [1.54, 1.807) is 0 Å². The van der Waals surface area contributed by atoms with Crippen molar-refractivity contribution in [1.82, 2.24) is 0 Å². The number of aliphatic hydroxyl groups is 7. The van der Waals surface area contributed by atoms with Crippen molar-refractivity contribution >= 4 is 5.97 Å². The maximum absolute atomic E-state index is 12.2. The Morgan fingerprint density at radius 2 is 1.29 bits per heavy atom. The summed E-state index contributed by atoms with van der Waals surface area (Å²) in [6.45, 7) is 3.08. The smallest absolute Gasteiger partial charge is 0.306 e. The number of esters is 1. The lowest BCUT2D eigenvalue weighted by molar-refractivity contribution is -0.332. The van der Waals surface area contributed by atoms with Gasteiger partial charge >= 0.3 is 5.97 Å². The van der Waals surface area contributed by atoms with Crippen LogP contribution >= 0.6 is 0 Å². The molecule has 2 aliphatic rings. The van der Waals surface area contributed by atoms with Crippen molar-refractivity contribution in [3.63, 3.8) is 0 Å². The van der Waals surface area contributed by atoms with Crippen LogP contribution in [0.15, 0.2) is 36.5 Å². The van der Waals surface area contributed by atoms with Crippen LogP contribution in [-0.2, 0) is 33.2 Å². The molecule has 2 heterocycles. The molecule has 2 rings (SSSR count). The van der Waals surface area contributed by atoms with Gasteiger partial charge in [0.2, 0.25) is 0 Å². The Balaban J connectivity index is 1.77. The highest BCUT2D eigenvalue weighted by atomic mass is 16.7. The van der Waals surface area contributed by atoms with Crippen molar-refractivity contribution in [3.8, 4) is 0 Å². The number of carbonyl (C=O) groups is 1. The molecule has 11 atom stereocenters. The molecular formula is C35H60O14. The van der Waals surface area contributed by atoms with Gasteiger partial charge in [-0.2, -0.15) is 0 Å². The number of allylic oxidation sites excluding steroid dienone is 6. The normalized spacial score (nSPS) is 31.6. The van der Waals surface area contributed by atoms with Gasteiger partial charge in [-0.3, -0.25) is 4.79 Å². The van der Waals surface area contributed by atoms with E-state index in [1.807, 2.05) is 6.92 Å². The Kier molecular flexibility index (Phi) is 22.3. The minimum absolute atomic E-state index is 0.0393. The molecule has 2 fully saturated rings. The van der Waals surface area contributed by atoms with E-state index in [0.717, 1.165) is 51.4 Å². The number of carbonyl (C=O) groups excluding carboxylic acids is 1. The van der Waals surface area contributed by atoms with E-state index in [2.05, 4.69) is 43.4 Å². The molecule has 0 aromatic heterocycles. The molecule has 0 bridgehead atoms. The SMILES string of the molecule is CC/C=C\C/C=C\C/C=C\CCCCCCOCC(COC1OC(COC2OC(CO)C(O)C(O)C2O)C(O)C(O)C1O)OC(=O)CCC. The van der Waals surface area contributed by atoms with Gasteiger partial charge < -0.3 is 64.2 Å². The topological polar surface area (TPSA) is 214 Å². The molecule has 0 amide bonds. The molecule has 2 aliphatic heterocycles.